The molecule has 19 heavy (non-hydrogen) atoms. The van der Waals surface area contributed by atoms with Crippen LogP contribution in [0, 0.1) is 0 Å². The minimum atomic E-state index is -7.31. The monoisotopic (exact) mass is 330 g/mol. The Morgan fingerprint density at radius 3 is 0.947 bits per heavy atom. The summed E-state index contributed by atoms with van der Waals surface area (Å²) in [5.74, 6) is 0. The van der Waals surface area contributed by atoms with Gasteiger partial charge in [-0.2, -0.15) is 43.9 Å². The van der Waals surface area contributed by atoms with Gasteiger partial charge in [0.25, 0.3) is 9.84 Å². The summed E-state index contributed by atoms with van der Waals surface area (Å²) in [6.45, 7) is 0. The minimum Gasteiger partial charge on any atom is -0.216 e. The molecule has 0 amide bonds. The first-order chi connectivity index (χ1) is 7.91. The number of sulfone groups is 1. The second-order valence-electron chi connectivity index (χ2n) is 3.36. The van der Waals surface area contributed by atoms with Crippen LogP contribution in [-0.4, -0.2) is 31.3 Å². The highest BCUT2D eigenvalue weighted by atomic mass is 32.2. The van der Waals surface area contributed by atoms with Crippen LogP contribution in [-0.2, 0) is 9.84 Å². The van der Waals surface area contributed by atoms with E-state index in [0.717, 1.165) is 0 Å². The molecule has 0 aromatic heterocycles. The molecule has 0 aliphatic carbocycles. The number of halogens is 10. The molecule has 0 heterocycles. The zero-order valence-electron chi connectivity index (χ0n) is 8.42. The molecule has 0 aromatic carbocycles. The van der Waals surface area contributed by atoms with Crippen molar-refractivity contribution in [2.24, 2.45) is 0 Å². The van der Waals surface area contributed by atoms with Gasteiger partial charge in [0.05, 0.1) is 0 Å². The van der Waals surface area contributed by atoms with E-state index < -0.39 is 45.5 Å². The van der Waals surface area contributed by atoms with Crippen molar-refractivity contribution in [1.29, 1.82) is 0 Å². The van der Waals surface area contributed by atoms with Crippen LogP contribution in [0.25, 0.3) is 0 Å². The van der Waals surface area contributed by atoms with Crippen molar-refractivity contribution in [2.45, 2.75) is 35.7 Å². The van der Waals surface area contributed by atoms with Gasteiger partial charge in [0.2, 0.25) is 0 Å². The summed E-state index contributed by atoms with van der Waals surface area (Å²) in [6.07, 6.45) is -18.7. The van der Waals surface area contributed by atoms with E-state index in [9.17, 15) is 52.3 Å². The molecule has 0 unspecified atom stereocenters. The van der Waals surface area contributed by atoms with E-state index in [-0.39, 0.29) is 0 Å². The fraction of sp³-hybridized carbons (Fsp3) is 1.00. The van der Waals surface area contributed by atoms with Crippen LogP contribution in [0.1, 0.15) is 12.8 Å². The lowest BCUT2D eigenvalue weighted by molar-refractivity contribution is -0.175. The highest BCUT2D eigenvalue weighted by Crippen LogP contribution is 2.45. The van der Waals surface area contributed by atoms with Gasteiger partial charge in [0.1, 0.15) is 12.8 Å². The molecule has 13 heteroatoms. The summed E-state index contributed by atoms with van der Waals surface area (Å²) in [5, 5.41) is -12.1. The Labute approximate surface area is 98.8 Å². The Morgan fingerprint density at radius 2 is 0.789 bits per heavy atom. The van der Waals surface area contributed by atoms with Crippen molar-refractivity contribution in [3.63, 3.8) is 0 Å². The van der Waals surface area contributed by atoms with Crippen LogP contribution in [0.3, 0.4) is 0 Å². The van der Waals surface area contributed by atoms with Crippen molar-refractivity contribution in [3.8, 4) is 0 Å². The summed E-state index contributed by atoms with van der Waals surface area (Å²) >= 11 is 0. The Bertz CT molecular complexity index is 382. The van der Waals surface area contributed by atoms with E-state index in [0.29, 0.717) is 0 Å². The molecule has 0 fully saturated rings. The molecule has 0 atom stereocenters. The molecule has 0 rings (SSSR count). The lowest BCUT2D eigenvalue weighted by Gasteiger charge is -2.24. The van der Waals surface area contributed by atoms with Crippen LogP contribution >= 0.6 is 0 Å². The average molecular weight is 330 g/mol. The third-order valence-corrected chi connectivity index (χ3v) is 3.46. The predicted octanol–water partition coefficient (Wildman–Crippen LogP) is 3.49. The standard InChI is InChI=1S/C6H4F10O2S/c7-3(8,9)1-5(13,14)19(17,18)6(15,16)2-4(10,11)12/h1-2H2. The average Bonchev–Trinajstić information content (AvgIpc) is 1.92. The van der Waals surface area contributed by atoms with Crippen LogP contribution in [0.2, 0.25) is 0 Å². The maximum absolute atomic E-state index is 12.6. The number of hydrogen-bond acceptors (Lipinski definition) is 2. The SMILES string of the molecule is O=S(=O)(C(F)(F)CC(F)(F)F)C(F)(F)CC(F)(F)F. The summed E-state index contributed by atoms with van der Waals surface area (Å²) in [4.78, 5) is 0. The smallest absolute Gasteiger partial charge is 0.216 e. The molecular formula is C6H4F10O2S. The fourth-order valence-corrected chi connectivity index (χ4v) is 2.02. The zero-order valence-corrected chi connectivity index (χ0v) is 9.24. The molecule has 2 nitrogen and oxygen atoms in total. The molecular weight excluding hydrogens is 326 g/mol. The molecule has 116 valence electrons. The van der Waals surface area contributed by atoms with Gasteiger partial charge in [-0.25, -0.2) is 8.42 Å². The normalized spacial score (nSPS) is 15.7. The van der Waals surface area contributed by atoms with Crippen LogP contribution < -0.4 is 0 Å². The van der Waals surface area contributed by atoms with Gasteiger partial charge >= 0.3 is 22.9 Å². The predicted molar refractivity (Wildman–Crippen MR) is 40.2 cm³/mol. The Balaban J connectivity index is 5.48. The first-order valence-electron chi connectivity index (χ1n) is 4.05. The van der Waals surface area contributed by atoms with Gasteiger partial charge in [-0.3, -0.25) is 0 Å². The van der Waals surface area contributed by atoms with Gasteiger partial charge in [-0.05, 0) is 0 Å². The molecule has 0 spiro atoms. The summed E-state index contributed by atoms with van der Waals surface area (Å²) < 4.78 is 141. The highest BCUT2D eigenvalue weighted by molar-refractivity contribution is 7.93. The molecule has 0 N–H and O–H groups in total. The second kappa shape index (κ2) is 4.66. The minimum absolute atomic E-state index is 3.50. The summed E-state index contributed by atoms with van der Waals surface area (Å²) in [6, 6.07) is 0. The van der Waals surface area contributed by atoms with E-state index >= 15 is 0 Å². The number of alkyl halides is 10. The van der Waals surface area contributed by atoms with Gasteiger partial charge in [-0.15, -0.1) is 0 Å². The second-order valence-corrected chi connectivity index (χ2v) is 5.56. The van der Waals surface area contributed by atoms with E-state index in [4.69, 9.17) is 0 Å². The Kier molecular flexibility index (Phi) is 4.48. The quantitative estimate of drug-likeness (QED) is 0.740. The third kappa shape index (κ3) is 4.69. The molecule has 0 aliphatic heterocycles. The highest BCUT2D eigenvalue weighted by Gasteiger charge is 2.66. The Morgan fingerprint density at radius 1 is 0.579 bits per heavy atom. The van der Waals surface area contributed by atoms with Gasteiger partial charge in [0.15, 0.2) is 0 Å². The van der Waals surface area contributed by atoms with E-state index in [1.807, 2.05) is 0 Å². The third-order valence-electron chi connectivity index (χ3n) is 1.60. The van der Waals surface area contributed by atoms with E-state index in [1.54, 1.807) is 0 Å². The summed E-state index contributed by atoms with van der Waals surface area (Å²) in [7, 11) is -7.31. The number of hydrogen-bond donors (Lipinski definition) is 0. The van der Waals surface area contributed by atoms with Gasteiger partial charge in [0, 0.05) is 0 Å². The molecule has 0 bridgehead atoms. The molecule has 0 saturated carbocycles. The van der Waals surface area contributed by atoms with Gasteiger partial charge < -0.3 is 0 Å². The lowest BCUT2D eigenvalue weighted by Crippen LogP contribution is -2.46. The van der Waals surface area contributed by atoms with Crippen molar-refractivity contribution < 1.29 is 52.3 Å². The van der Waals surface area contributed by atoms with Crippen molar-refractivity contribution in [1.82, 2.24) is 0 Å². The topological polar surface area (TPSA) is 34.1 Å². The zero-order chi connectivity index (χ0) is 15.9. The molecule has 0 saturated heterocycles. The fourth-order valence-electron chi connectivity index (χ4n) is 0.875. The van der Waals surface area contributed by atoms with Gasteiger partial charge in [-0.1, -0.05) is 0 Å². The molecule has 0 aromatic rings. The van der Waals surface area contributed by atoms with Crippen LogP contribution in [0.5, 0.6) is 0 Å². The van der Waals surface area contributed by atoms with Crippen molar-refractivity contribution in [3.05, 3.63) is 0 Å². The van der Waals surface area contributed by atoms with E-state index in [2.05, 4.69) is 0 Å². The molecule has 0 aliphatic rings. The molecule has 0 radical (unpaired) electrons. The lowest BCUT2D eigenvalue weighted by atomic mass is 10.4. The number of rotatable bonds is 4. The summed E-state index contributed by atoms with van der Waals surface area (Å²) in [5.41, 5.74) is 0. The first kappa shape index (κ1) is 18.2. The van der Waals surface area contributed by atoms with Crippen LogP contribution in [0.4, 0.5) is 43.9 Å². The van der Waals surface area contributed by atoms with Crippen molar-refractivity contribution >= 4 is 9.84 Å². The largest absolute Gasteiger partial charge is 0.395 e. The maximum Gasteiger partial charge on any atom is 0.395 e. The van der Waals surface area contributed by atoms with E-state index in [1.165, 1.54) is 0 Å². The Hall–Kier alpha value is -0.750. The van der Waals surface area contributed by atoms with Crippen molar-refractivity contribution in [2.75, 3.05) is 0 Å². The first-order valence-corrected chi connectivity index (χ1v) is 5.53. The maximum atomic E-state index is 12.6. The van der Waals surface area contributed by atoms with Crippen LogP contribution in [0.15, 0.2) is 0 Å².